The summed E-state index contributed by atoms with van der Waals surface area (Å²) in [5, 5.41) is 22.2. The van der Waals surface area contributed by atoms with Crippen molar-refractivity contribution in [1.29, 1.82) is 0 Å². The van der Waals surface area contributed by atoms with Crippen molar-refractivity contribution in [1.82, 2.24) is 15.3 Å². The van der Waals surface area contributed by atoms with Crippen molar-refractivity contribution in [2.45, 2.75) is 25.2 Å². The molecule has 192 valence electrons. The normalized spacial score (nSPS) is 15.4. The molecular weight excluding hydrogens is 526 g/mol. The standard InChI is InChI=1S/C20H19Cl2N5O2.C2HF3O2/c21-12-6-11(7-13(22)8-12)9-25-20(29)17-18(28)16-15(2-1-4-24-16)19(26-17)27-5-3-14(23)10-27;3-2(4,5)1(6)7/h1-2,4,6-8,14,28H,3,5,9-10,23H2,(H,25,29);(H,6,7). The van der Waals surface area contributed by atoms with Crippen LogP contribution in [0.5, 0.6) is 5.75 Å². The van der Waals surface area contributed by atoms with Crippen LogP contribution in [-0.4, -0.2) is 57.4 Å². The van der Waals surface area contributed by atoms with Gasteiger partial charge in [-0.15, -0.1) is 0 Å². The van der Waals surface area contributed by atoms with E-state index in [0.29, 0.717) is 33.3 Å². The molecule has 14 heteroatoms. The van der Waals surface area contributed by atoms with Crippen molar-refractivity contribution in [3.8, 4) is 5.75 Å². The van der Waals surface area contributed by atoms with Gasteiger partial charge in [-0.05, 0) is 42.3 Å². The van der Waals surface area contributed by atoms with Gasteiger partial charge in [0.25, 0.3) is 5.91 Å². The maximum atomic E-state index is 12.8. The molecule has 4 rings (SSSR count). The molecule has 3 aromatic rings. The predicted molar refractivity (Wildman–Crippen MR) is 127 cm³/mol. The maximum absolute atomic E-state index is 12.8. The highest BCUT2D eigenvalue weighted by molar-refractivity contribution is 6.34. The first kappa shape index (κ1) is 27.2. The van der Waals surface area contributed by atoms with Gasteiger partial charge >= 0.3 is 12.1 Å². The Labute approximate surface area is 212 Å². The zero-order valence-electron chi connectivity index (χ0n) is 18.4. The van der Waals surface area contributed by atoms with Crippen LogP contribution in [-0.2, 0) is 11.3 Å². The smallest absolute Gasteiger partial charge is 0.490 e. The Morgan fingerprint density at radius 1 is 1.22 bits per heavy atom. The van der Waals surface area contributed by atoms with E-state index in [2.05, 4.69) is 15.3 Å². The van der Waals surface area contributed by atoms with Gasteiger partial charge < -0.3 is 26.2 Å². The van der Waals surface area contributed by atoms with E-state index in [4.69, 9.17) is 38.8 Å². The number of hydrogen-bond donors (Lipinski definition) is 4. The van der Waals surface area contributed by atoms with Gasteiger partial charge in [0.15, 0.2) is 11.4 Å². The van der Waals surface area contributed by atoms with Gasteiger partial charge in [-0.3, -0.25) is 9.78 Å². The van der Waals surface area contributed by atoms with Crippen LogP contribution >= 0.6 is 23.2 Å². The summed E-state index contributed by atoms with van der Waals surface area (Å²) < 4.78 is 31.7. The van der Waals surface area contributed by atoms with Gasteiger partial charge in [0.05, 0.1) is 0 Å². The van der Waals surface area contributed by atoms with Crippen molar-refractivity contribution in [2.24, 2.45) is 5.73 Å². The highest BCUT2D eigenvalue weighted by atomic mass is 35.5. The van der Waals surface area contributed by atoms with E-state index in [1.54, 1.807) is 30.5 Å². The maximum Gasteiger partial charge on any atom is 0.490 e. The molecule has 0 aliphatic carbocycles. The van der Waals surface area contributed by atoms with E-state index in [1.807, 2.05) is 11.0 Å². The van der Waals surface area contributed by atoms with Gasteiger partial charge in [-0.1, -0.05) is 23.2 Å². The SMILES string of the molecule is NC1CCN(c2nc(C(=O)NCc3cc(Cl)cc(Cl)c3)c(O)c3ncccc23)C1.O=C(O)C(F)(F)F. The molecule has 3 heterocycles. The molecule has 1 fully saturated rings. The predicted octanol–water partition coefficient (Wildman–Crippen LogP) is 3.74. The number of aromatic nitrogens is 2. The lowest BCUT2D eigenvalue weighted by Gasteiger charge is -2.20. The molecule has 0 spiro atoms. The fourth-order valence-electron chi connectivity index (χ4n) is 3.46. The molecule has 2 aromatic heterocycles. The number of hydrogen-bond acceptors (Lipinski definition) is 7. The molecule has 1 atom stereocenters. The van der Waals surface area contributed by atoms with E-state index in [9.17, 15) is 23.1 Å². The summed E-state index contributed by atoms with van der Waals surface area (Å²) in [4.78, 5) is 32.5. The number of rotatable bonds is 4. The average Bonchev–Trinajstić information content (AvgIpc) is 3.23. The number of carbonyl (C=O) groups is 2. The fourth-order valence-corrected chi connectivity index (χ4v) is 4.04. The van der Waals surface area contributed by atoms with Gasteiger partial charge in [0.2, 0.25) is 0 Å². The number of carbonyl (C=O) groups excluding carboxylic acids is 1. The summed E-state index contributed by atoms with van der Waals surface area (Å²) in [6.07, 6.45) is -2.68. The molecule has 0 radical (unpaired) electrons. The number of fused-ring (bicyclic) bond motifs is 1. The molecule has 9 nitrogen and oxygen atoms in total. The van der Waals surface area contributed by atoms with Crippen LogP contribution in [0.1, 0.15) is 22.5 Å². The Kier molecular flexibility index (Phi) is 8.43. The first-order chi connectivity index (χ1) is 16.9. The molecule has 1 aliphatic rings. The minimum atomic E-state index is -5.08. The first-order valence-corrected chi connectivity index (χ1v) is 11.1. The Bertz CT molecular complexity index is 1270. The molecular formula is C22H20Cl2F3N5O4. The third kappa shape index (κ3) is 6.65. The summed E-state index contributed by atoms with van der Waals surface area (Å²) in [6, 6.07) is 8.67. The molecule has 0 saturated carbocycles. The topological polar surface area (TPSA) is 142 Å². The lowest BCUT2D eigenvalue weighted by atomic mass is 10.1. The van der Waals surface area contributed by atoms with Gasteiger partial charge in [0.1, 0.15) is 11.3 Å². The van der Waals surface area contributed by atoms with E-state index < -0.39 is 18.1 Å². The van der Waals surface area contributed by atoms with Crippen molar-refractivity contribution in [3.05, 3.63) is 57.8 Å². The third-order valence-corrected chi connectivity index (χ3v) is 5.51. The molecule has 0 bridgehead atoms. The van der Waals surface area contributed by atoms with Crippen LogP contribution < -0.4 is 16.0 Å². The van der Waals surface area contributed by atoms with E-state index in [1.165, 1.54) is 0 Å². The number of nitrogens with zero attached hydrogens (tertiary/aromatic N) is 3. The van der Waals surface area contributed by atoms with E-state index in [-0.39, 0.29) is 24.0 Å². The largest absolute Gasteiger partial charge is 0.504 e. The van der Waals surface area contributed by atoms with Crippen LogP contribution in [0, 0.1) is 0 Å². The molecule has 1 amide bonds. The molecule has 1 saturated heterocycles. The zero-order valence-corrected chi connectivity index (χ0v) is 19.9. The van der Waals surface area contributed by atoms with Crippen molar-refractivity contribution in [3.63, 3.8) is 0 Å². The Hall–Kier alpha value is -3.35. The summed E-state index contributed by atoms with van der Waals surface area (Å²) in [5.74, 6) is -2.94. The minimum Gasteiger partial charge on any atom is -0.504 e. The molecule has 36 heavy (non-hydrogen) atoms. The summed E-state index contributed by atoms with van der Waals surface area (Å²) in [7, 11) is 0. The van der Waals surface area contributed by atoms with Crippen molar-refractivity contribution in [2.75, 3.05) is 18.0 Å². The number of nitrogens with one attached hydrogen (secondary N) is 1. The lowest BCUT2D eigenvalue weighted by molar-refractivity contribution is -0.192. The van der Waals surface area contributed by atoms with Crippen LogP contribution in [0.25, 0.3) is 10.9 Å². The van der Waals surface area contributed by atoms with Gasteiger partial charge in [-0.2, -0.15) is 13.2 Å². The van der Waals surface area contributed by atoms with Crippen LogP contribution in [0.3, 0.4) is 0 Å². The second-order valence-corrected chi connectivity index (χ2v) is 8.66. The van der Waals surface area contributed by atoms with E-state index in [0.717, 1.165) is 18.5 Å². The number of pyridine rings is 2. The number of amides is 1. The monoisotopic (exact) mass is 545 g/mol. The number of aliphatic carboxylic acids is 1. The molecule has 1 aliphatic heterocycles. The number of anilines is 1. The Morgan fingerprint density at radius 2 is 1.86 bits per heavy atom. The number of carboxylic acids is 1. The number of carboxylic acid groups (broad SMARTS) is 1. The fraction of sp³-hybridized carbons (Fsp3) is 0.273. The molecule has 1 aromatic carbocycles. The van der Waals surface area contributed by atoms with Crippen molar-refractivity contribution < 1.29 is 33.0 Å². The minimum absolute atomic E-state index is 0.0437. The zero-order chi connectivity index (χ0) is 26.6. The van der Waals surface area contributed by atoms with Gasteiger partial charge in [-0.25, -0.2) is 9.78 Å². The number of aromatic hydroxyl groups is 1. The summed E-state index contributed by atoms with van der Waals surface area (Å²) >= 11 is 12.0. The first-order valence-electron chi connectivity index (χ1n) is 10.4. The van der Waals surface area contributed by atoms with Gasteiger partial charge in [0, 0.05) is 47.3 Å². The Balaban J connectivity index is 0.000000454. The molecule has 1 unspecified atom stereocenters. The van der Waals surface area contributed by atoms with Crippen LogP contribution in [0.2, 0.25) is 10.0 Å². The number of nitrogens with two attached hydrogens (primary N) is 1. The summed E-state index contributed by atoms with van der Waals surface area (Å²) in [6.45, 7) is 1.54. The lowest BCUT2D eigenvalue weighted by Crippen LogP contribution is -2.29. The quantitative estimate of drug-likeness (QED) is 0.388. The Morgan fingerprint density at radius 3 is 2.42 bits per heavy atom. The van der Waals surface area contributed by atoms with E-state index >= 15 is 0 Å². The highest BCUT2D eigenvalue weighted by Gasteiger charge is 2.38. The summed E-state index contributed by atoms with van der Waals surface area (Å²) in [5.41, 5.74) is 7.02. The molecule has 5 N–H and O–H groups in total. The van der Waals surface area contributed by atoms with Crippen LogP contribution in [0.4, 0.5) is 19.0 Å². The second-order valence-electron chi connectivity index (χ2n) is 7.79. The number of benzene rings is 1. The van der Waals surface area contributed by atoms with Crippen LogP contribution in [0.15, 0.2) is 36.5 Å². The number of halogens is 5. The third-order valence-electron chi connectivity index (χ3n) is 5.07. The number of alkyl halides is 3. The van der Waals surface area contributed by atoms with Crippen molar-refractivity contribution >= 4 is 51.8 Å². The average molecular weight is 546 g/mol. The highest BCUT2D eigenvalue weighted by Crippen LogP contribution is 2.33. The second kappa shape index (κ2) is 11.1.